The van der Waals surface area contributed by atoms with Crippen molar-refractivity contribution in [2.75, 3.05) is 13.2 Å². The van der Waals surface area contributed by atoms with Crippen LogP contribution in [0.5, 0.6) is 0 Å². The summed E-state index contributed by atoms with van der Waals surface area (Å²) >= 11 is 0. The van der Waals surface area contributed by atoms with Crippen molar-refractivity contribution in [1.29, 1.82) is 0 Å². The van der Waals surface area contributed by atoms with E-state index in [1.54, 1.807) is 0 Å². The number of aromatic amines is 1. The van der Waals surface area contributed by atoms with Crippen molar-refractivity contribution in [2.45, 2.75) is 65.3 Å². The predicted octanol–water partition coefficient (Wildman–Crippen LogP) is -1.03. The van der Waals surface area contributed by atoms with Crippen molar-refractivity contribution in [1.82, 2.24) is 9.55 Å². The van der Waals surface area contributed by atoms with Gasteiger partial charge in [-0.2, -0.15) is 0 Å². The van der Waals surface area contributed by atoms with Crippen molar-refractivity contribution in [3.8, 4) is 0 Å². The van der Waals surface area contributed by atoms with Gasteiger partial charge < -0.3 is 28.4 Å². The molecule has 0 saturated carbocycles. The van der Waals surface area contributed by atoms with Gasteiger partial charge in [0, 0.05) is 33.9 Å². The number of nitrogens with zero attached hydrogens (tertiary/aromatic N) is 1. The van der Waals surface area contributed by atoms with Crippen LogP contribution in [0.2, 0.25) is 0 Å². The minimum Gasteiger partial charge on any atom is -0.463 e. The molecule has 0 bridgehead atoms. The van der Waals surface area contributed by atoms with Gasteiger partial charge in [0.2, 0.25) is 0 Å². The minimum atomic E-state index is -1.65. The van der Waals surface area contributed by atoms with Crippen LogP contribution < -0.4 is 11.2 Å². The second-order valence-corrected chi connectivity index (χ2v) is 7.52. The lowest BCUT2D eigenvalue weighted by atomic mass is 9.97. The number of hydrogen-bond acceptors (Lipinski definition) is 13. The first-order valence-electron chi connectivity index (χ1n) is 10.7. The van der Waals surface area contributed by atoms with Gasteiger partial charge in [-0.3, -0.25) is 33.5 Å². The SMILES string of the molecule is CCOC(=O)c1cn([C@@H]2O[C@H](COC(C)=O)[C@@H](OC(C)=O)[C@H](OC(C)=O)[C@H]2OC(C)=O)c(=O)[nH]c1=O. The first-order valence-corrected chi connectivity index (χ1v) is 10.7. The molecule has 15 nitrogen and oxygen atoms in total. The third-order valence-corrected chi connectivity index (χ3v) is 4.70. The van der Waals surface area contributed by atoms with E-state index in [1.165, 1.54) is 6.92 Å². The number of carbonyl (C=O) groups is 5. The molecular weight excluding hydrogens is 488 g/mol. The number of H-pyrrole nitrogens is 1. The fourth-order valence-electron chi connectivity index (χ4n) is 3.46. The summed E-state index contributed by atoms with van der Waals surface area (Å²) in [7, 11) is 0. The molecule has 1 saturated heterocycles. The zero-order chi connectivity index (χ0) is 27.2. The maximum Gasteiger partial charge on any atom is 0.345 e. The molecule has 1 fully saturated rings. The number of nitrogens with one attached hydrogen (secondary N) is 1. The molecule has 1 aromatic rings. The number of carbonyl (C=O) groups excluding carboxylic acids is 5. The maximum atomic E-state index is 12.7. The molecule has 1 aromatic heterocycles. The minimum absolute atomic E-state index is 0.0730. The van der Waals surface area contributed by atoms with Gasteiger partial charge in [-0.05, 0) is 6.92 Å². The van der Waals surface area contributed by atoms with Crippen molar-refractivity contribution in [3.05, 3.63) is 32.6 Å². The largest absolute Gasteiger partial charge is 0.463 e. The summed E-state index contributed by atoms with van der Waals surface area (Å²) in [6, 6.07) is 0. The Morgan fingerprint density at radius 2 is 1.42 bits per heavy atom. The topological polar surface area (TPSA) is 196 Å². The summed E-state index contributed by atoms with van der Waals surface area (Å²) in [6.07, 6.45) is -6.80. The molecule has 36 heavy (non-hydrogen) atoms. The molecule has 0 amide bonds. The standard InChI is InChI=1S/C21H26N2O13/c1-6-31-20(29)13-7-23(21(30)22-18(13)28)19-17(35-12(5)27)16(34-11(4)26)15(33-10(3)25)14(36-19)8-32-9(2)24/h7,14-17,19H,6,8H2,1-5H3,(H,22,28,30)/t14-,15-,16+,17-,19-/m1/s1. The highest BCUT2D eigenvalue weighted by atomic mass is 16.7. The maximum absolute atomic E-state index is 12.7. The van der Waals surface area contributed by atoms with Crippen LogP contribution in [-0.2, 0) is 47.6 Å². The zero-order valence-corrected chi connectivity index (χ0v) is 20.1. The predicted molar refractivity (Wildman–Crippen MR) is 114 cm³/mol. The van der Waals surface area contributed by atoms with Gasteiger partial charge >= 0.3 is 35.5 Å². The molecule has 198 valence electrons. The molecule has 0 unspecified atom stereocenters. The third-order valence-electron chi connectivity index (χ3n) is 4.70. The smallest absolute Gasteiger partial charge is 0.345 e. The molecule has 2 heterocycles. The number of esters is 5. The van der Waals surface area contributed by atoms with Gasteiger partial charge in [-0.15, -0.1) is 0 Å². The Balaban J connectivity index is 2.72. The molecule has 0 spiro atoms. The second kappa shape index (κ2) is 12.1. The van der Waals surface area contributed by atoms with Crippen molar-refractivity contribution >= 4 is 29.8 Å². The molecule has 5 atom stereocenters. The van der Waals surface area contributed by atoms with Crippen molar-refractivity contribution in [2.24, 2.45) is 0 Å². The number of rotatable bonds is 8. The van der Waals surface area contributed by atoms with Gasteiger partial charge in [-0.25, -0.2) is 9.59 Å². The van der Waals surface area contributed by atoms with E-state index in [4.69, 9.17) is 28.4 Å². The lowest BCUT2D eigenvalue weighted by Gasteiger charge is -2.44. The first kappa shape index (κ1) is 28.2. The van der Waals surface area contributed by atoms with Gasteiger partial charge in [0.1, 0.15) is 18.3 Å². The number of aromatic nitrogens is 2. The molecule has 0 aromatic carbocycles. The van der Waals surface area contributed by atoms with Gasteiger partial charge in [0.15, 0.2) is 24.5 Å². The van der Waals surface area contributed by atoms with Crippen LogP contribution in [0.3, 0.4) is 0 Å². The van der Waals surface area contributed by atoms with E-state index in [0.717, 1.165) is 33.9 Å². The number of ether oxygens (including phenoxy) is 6. The van der Waals surface area contributed by atoms with Crippen LogP contribution >= 0.6 is 0 Å². The number of hydrogen-bond donors (Lipinski definition) is 1. The molecule has 1 aliphatic heterocycles. The summed E-state index contributed by atoms with van der Waals surface area (Å²) in [4.78, 5) is 86.1. The lowest BCUT2D eigenvalue weighted by molar-refractivity contribution is -0.269. The van der Waals surface area contributed by atoms with Crippen LogP contribution in [0, 0.1) is 0 Å². The second-order valence-electron chi connectivity index (χ2n) is 7.52. The Kier molecular flexibility index (Phi) is 9.49. The Labute approximate surface area is 203 Å². The van der Waals surface area contributed by atoms with Crippen LogP contribution in [0.1, 0.15) is 51.2 Å². The van der Waals surface area contributed by atoms with E-state index < -0.39 is 83.9 Å². The molecule has 1 aliphatic rings. The van der Waals surface area contributed by atoms with Gasteiger partial charge in [0.05, 0.1) is 6.61 Å². The van der Waals surface area contributed by atoms with Crippen molar-refractivity contribution in [3.63, 3.8) is 0 Å². The van der Waals surface area contributed by atoms with Gasteiger partial charge in [-0.1, -0.05) is 0 Å². The molecule has 1 N–H and O–H groups in total. The van der Waals surface area contributed by atoms with Crippen LogP contribution in [0.25, 0.3) is 0 Å². The summed E-state index contributed by atoms with van der Waals surface area (Å²) < 4.78 is 32.2. The highest BCUT2D eigenvalue weighted by Gasteiger charge is 2.53. The Morgan fingerprint density at radius 1 is 0.861 bits per heavy atom. The molecule has 0 aliphatic carbocycles. The lowest BCUT2D eigenvalue weighted by Crippen LogP contribution is -2.61. The molecule has 0 radical (unpaired) electrons. The zero-order valence-electron chi connectivity index (χ0n) is 20.1. The summed E-state index contributed by atoms with van der Waals surface area (Å²) in [5, 5.41) is 0. The van der Waals surface area contributed by atoms with E-state index in [2.05, 4.69) is 0 Å². The highest BCUT2D eigenvalue weighted by molar-refractivity contribution is 5.88. The molecule has 2 rings (SSSR count). The van der Waals surface area contributed by atoms with E-state index in [-0.39, 0.29) is 6.61 Å². The normalized spacial score (nSPS) is 23.2. The average molecular weight is 514 g/mol. The van der Waals surface area contributed by atoms with Crippen LogP contribution in [0.4, 0.5) is 0 Å². The van der Waals surface area contributed by atoms with E-state index in [0.29, 0.717) is 4.57 Å². The van der Waals surface area contributed by atoms with Crippen LogP contribution in [0.15, 0.2) is 15.8 Å². The quantitative estimate of drug-likeness (QED) is 0.327. The molecule has 15 heteroatoms. The van der Waals surface area contributed by atoms with Crippen molar-refractivity contribution < 1.29 is 52.4 Å². The van der Waals surface area contributed by atoms with E-state index in [9.17, 15) is 33.6 Å². The van der Waals surface area contributed by atoms with Gasteiger partial charge in [0.25, 0.3) is 5.56 Å². The van der Waals surface area contributed by atoms with E-state index >= 15 is 0 Å². The Bertz CT molecular complexity index is 1140. The highest BCUT2D eigenvalue weighted by Crippen LogP contribution is 2.34. The summed E-state index contributed by atoms with van der Waals surface area (Å²) in [6.45, 7) is 5.11. The fraction of sp³-hybridized carbons (Fsp3) is 0.571. The monoisotopic (exact) mass is 514 g/mol. The average Bonchev–Trinajstić information content (AvgIpc) is 2.74. The Hall–Kier alpha value is -4.01. The Morgan fingerprint density at radius 3 is 1.94 bits per heavy atom. The van der Waals surface area contributed by atoms with E-state index in [1.807, 2.05) is 4.98 Å². The summed E-state index contributed by atoms with van der Waals surface area (Å²) in [5.41, 5.74) is -2.72. The third kappa shape index (κ3) is 7.00. The van der Waals surface area contributed by atoms with Crippen LogP contribution in [-0.4, -0.2) is 77.0 Å². The first-order chi connectivity index (χ1) is 16.8. The molecular formula is C21H26N2O13. The fourth-order valence-corrected chi connectivity index (χ4v) is 3.46. The summed E-state index contributed by atoms with van der Waals surface area (Å²) in [5.74, 6) is -4.39.